The van der Waals surface area contributed by atoms with Crippen molar-refractivity contribution in [2.45, 2.75) is 31.8 Å². The molecular formula is C19H18N2. The maximum absolute atomic E-state index is 7.59. The minimum absolute atomic E-state index is 0.0455. The Morgan fingerprint density at radius 3 is 2.76 bits per heavy atom. The van der Waals surface area contributed by atoms with Crippen LogP contribution in [0.3, 0.4) is 0 Å². The number of allylic oxidation sites excluding steroid dienone is 4. The lowest BCUT2D eigenvalue weighted by Gasteiger charge is -2.27. The summed E-state index contributed by atoms with van der Waals surface area (Å²) in [5.41, 5.74) is 2.54. The topological polar surface area (TPSA) is 8.72 Å². The fourth-order valence-electron chi connectivity index (χ4n) is 3.11. The lowest BCUT2D eigenvalue weighted by molar-refractivity contribution is 0.429. The van der Waals surface area contributed by atoms with Crippen LogP contribution < -0.4 is 0 Å². The van der Waals surface area contributed by atoms with Gasteiger partial charge in [0.25, 0.3) is 0 Å². The quantitative estimate of drug-likeness (QED) is 0.312. The van der Waals surface area contributed by atoms with E-state index < -0.39 is 5.66 Å². The summed E-state index contributed by atoms with van der Waals surface area (Å²) in [7, 11) is 0. The van der Waals surface area contributed by atoms with Crippen LogP contribution in [0.5, 0.6) is 0 Å². The largest absolute Gasteiger partial charge is 0.517 e. The Labute approximate surface area is 127 Å². The summed E-state index contributed by atoms with van der Waals surface area (Å²) in [6.45, 7) is 20.8. The molecule has 2 aliphatic rings. The van der Waals surface area contributed by atoms with Gasteiger partial charge in [-0.2, -0.15) is 0 Å². The summed E-state index contributed by atoms with van der Waals surface area (Å²) < 4.78 is 0. The molecule has 21 heavy (non-hydrogen) atoms. The number of hydrogen-bond acceptors (Lipinski definition) is 0. The van der Waals surface area contributed by atoms with Crippen LogP contribution >= 0.6 is 0 Å². The van der Waals surface area contributed by atoms with E-state index in [0.717, 1.165) is 18.4 Å². The highest BCUT2D eigenvalue weighted by atomic mass is 15.0. The number of hydrogen-bond donors (Lipinski definition) is 0. The summed E-state index contributed by atoms with van der Waals surface area (Å²) in [5.74, 6) is 6.72. The van der Waals surface area contributed by atoms with Crippen LogP contribution in [0.25, 0.3) is 9.69 Å². The molecule has 2 bridgehead atoms. The number of rotatable bonds is 3. The fraction of sp³-hybridized carbons (Fsp3) is 0.421. The van der Waals surface area contributed by atoms with Crippen molar-refractivity contribution in [2.75, 3.05) is 0 Å². The first-order chi connectivity index (χ1) is 10.2. The Balaban J connectivity index is 2.46. The monoisotopic (exact) mass is 274 g/mol. The molecule has 0 spiro atoms. The van der Waals surface area contributed by atoms with Gasteiger partial charge in [-0.15, -0.1) is 11.7 Å². The molecule has 2 heteroatoms. The van der Waals surface area contributed by atoms with E-state index in [2.05, 4.69) is 52.1 Å². The van der Waals surface area contributed by atoms with Crippen molar-refractivity contribution in [1.82, 2.24) is 0 Å². The van der Waals surface area contributed by atoms with Gasteiger partial charge in [-0.25, -0.2) is 22.8 Å². The molecule has 0 aromatic heterocycles. The van der Waals surface area contributed by atoms with E-state index in [4.69, 9.17) is 13.1 Å². The fourth-order valence-corrected chi connectivity index (χ4v) is 3.11. The Hall–Kier alpha value is -2.46. The summed E-state index contributed by atoms with van der Waals surface area (Å²) in [4.78, 5) is 7.38. The van der Waals surface area contributed by atoms with Gasteiger partial charge in [0, 0.05) is 12.3 Å². The summed E-state index contributed by atoms with van der Waals surface area (Å²) in [6, 6.07) is 0. The average Bonchev–Trinajstić information content (AvgIpc) is 2.90. The highest BCUT2D eigenvalue weighted by Gasteiger charge is 2.53. The molecule has 2 aliphatic carbocycles. The van der Waals surface area contributed by atoms with Crippen molar-refractivity contribution in [3.8, 4) is 11.8 Å². The zero-order valence-electron chi connectivity index (χ0n) is 12.3. The highest BCUT2D eigenvalue weighted by molar-refractivity contribution is 5.42. The van der Waals surface area contributed by atoms with E-state index in [-0.39, 0.29) is 12.3 Å². The number of nitrogens with zero attached hydrogens (tertiary/aromatic N) is 2. The normalized spacial score (nSPS) is 25.7. The third-order valence-electron chi connectivity index (χ3n) is 4.13. The lowest BCUT2D eigenvalue weighted by atomic mass is 9.73. The van der Waals surface area contributed by atoms with Gasteiger partial charge in [0.15, 0.2) is 6.42 Å². The van der Waals surface area contributed by atoms with Crippen molar-refractivity contribution in [1.29, 1.82) is 0 Å². The molecule has 0 aromatic rings. The first-order valence-electron chi connectivity index (χ1n) is 7.20. The first-order valence-corrected chi connectivity index (χ1v) is 7.20. The molecule has 0 saturated carbocycles. The first kappa shape index (κ1) is 14.9. The second-order valence-corrected chi connectivity index (χ2v) is 5.39. The minimum Gasteiger partial charge on any atom is -0.225 e. The van der Waals surface area contributed by atoms with Crippen LogP contribution in [-0.4, -0.2) is 5.66 Å². The van der Waals surface area contributed by atoms with Crippen molar-refractivity contribution >= 4 is 0 Å². The van der Waals surface area contributed by atoms with Gasteiger partial charge >= 0.3 is 5.66 Å². The van der Waals surface area contributed by atoms with E-state index in [1.165, 1.54) is 0 Å². The standard InChI is InChI=1S/C19H18N2/c1-5-7-8-12-19(20-3,21-4)18-14-15-10-11-16(13-15)17(18)9-6-2/h9-11,14-17H,2,5,12-13H2,1H3/t15-,16?,17-/m0/s1. The van der Waals surface area contributed by atoms with Crippen LogP contribution in [0, 0.1) is 42.7 Å². The summed E-state index contributed by atoms with van der Waals surface area (Å²) in [5, 5.41) is 0. The van der Waals surface area contributed by atoms with Gasteiger partial charge in [0.05, 0.1) is 0 Å². The molecule has 0 aliphatic heterocycles. The third kappa shape index (κ3) is 2.71. The summed E-state index contributed by atoms with van der Waals surface area (Å²) >= 11 is 0. The van der Waals surface area contributed by atoms with Crippen molar-refractivity contribution < 1.29 is 0 Å². The van der Waals surface area contributed by atoms with Crippen LogP contribution in [0.2, 0.25) is 0 Å². The zero-order chi connectivity index (χ0) is 15.3. The van der Waals surface area contributed by atoms with Gasteiger partial charge < -0.3 is 0 Å². The molecule has 0 saturated heterocycles. The Morgan fingerprint density at radius 2 is 2.14 bits per heavy atom. The van der Waals surface area contributed by atoms with Gasteiger partial charge in [-0.1, -0.05) is 37.7 Å². The maximum Gasteiger partial charge on any atom is 0.517 e. The Bertz CT molecular complexity index is 649. The van der Waals surface area contributed by atoms with Crippen molar-refractivity contribution in [3.63, 3.8) is 0 Å². The van der Waals surface area contributed by atoms with E-state index in [1.807, 2.05) is 13.0 Å². The molecule has 0 aromatic carbocycles. The zero-order valence-corrected chi connectivity index (χ0v) is 12.3. The van der Waals surface area contributed by atoms with Crippen LogP contribution in [0.4, 0.5) is 0 Å². The smallest absolute Gasteiger partial charge is 0.225 e. The predicted molar refractivity (Wildman–Crippen MR) is 84.6 cm³/mol. The van der Waals surface area contributed by atoms with Crippen molar-refractivity contribution in [3.05, 3.63) is 65.0 Å². The van der Waals surface area contributed by atoms with E-state index in [9.17, 15) is 0 Å². The van der Waals surface area contributed by atoms with Gasteiger partial charge in [0.2, 0.25) is 0 Å². The van der Waals surface area contributed by atoms with Gasteiger partial charge in [-0.05, 0) is 24.3 Å². The average molecular weight is 274 g/mol. The molecule has 3 atom stereocenters. The predicted octanol–water partition coefficient (Wildman–Crippen LogP) is 4.41. The lowest BCUT2D eigenvalue weighted by Crippen LogP contribution is -2.32. The molecule has 2 nitrogen and oxygen atoms in total. The van der Waals surface area contributed by atoms with E-state index >= 15 is 0 Å². The SMILES string of the molecule is [C-]#[N+]C(CC#CCC)([N+]#[C-])C1=C[C@H]2C=CC(C2)[C@@H]1C=C=C. The second kappa shape index (κ2) is 6.33. The maximum atomic E-state index is 7.59. The molecule has 0 N–H and O–H groups in total. The molecule has 0 amide bonds. The second-order valence-electron chi connectivity index (χ2n) is 5.39. The molecule has 0 radical (unpaired) electrons. The Kier molecular flexibility index (Phi) is 4.50. The third-order valence-corrected chi connectivity index (χ3v) is 4.13. The Morgan fingerprint density at radius 1 is 1.38 bits per heavy atom. The number of fused-ring (bicyclic) bond motifs is 2. The summed E-state index contributed by atoms with van der Waals surface area (Å²) in [6.07, 6.45) is 10.5. The highest BCUT2D eigenvalue weighted by Crippen LogP contribution is 2.47. The van der Waals surface area contributed by atoms with Crippen LogP contribution in [0.1, 0.15) is 26.2 Å². The molecule has 1 unspecified atom stereocenters. The van der Waals surface area contributed by atoms with Crippen LogP contribution in [0.15, 0.2) is 42.2 Å². The molecule has 0 fully saturated rings. The minimum atomic E-state index is -1.19. The van der Waals surface area contributed by atoms with Gasteiger partial charge in [0.1, 0.15) is 5.57 Å². The van der Waals surface area contributed by atoms with Crippen molar-refractivity contribution in [2.24, 2.45) is 17.8 Å². The molecule has 2 rings (SSSR count). The van der Waals surface area contributed by atoms with Crippen LogP contribution in [-0.2, 0) is 0 Å². The van der Waals surface area contributed by atoms with Gasteiger partial charge in [-0.3, -0.25) is 0 Å². The molecule has 104 valence electrons. The molecular weight excluding hydrogens is 256 g/mol. The van der Waals surface area contributed by atoms with E-state index in [0.29, 0.717) is 11.8 Å². The molecule has 0 heterocycles. The van der Waals surface area contributed by atoms with E-state index in [1.54, 1.807) is 0 Å².